The summed E-state index contributed by atoms with van der Waals surface area (Å²) in [6.07, 6.45) is -3.59. The van der Waals surface area contributed by atoms with E-state index in [0.29, 0.717) is 5.57 Å². The van der Waals surface area contributed by atoms with E-state index in [1.165, 1.54) is 17.0 Å². The largest absolute Gasteiger partial charge is 0.444 e. The Balaban J connectivity index is 0.00000122. The van der Waals surface area contributed by atoms with Crippen molar-refractivity contribution in [3.05, 3.63) is 58.3 Å². The fraction of sp³-hybridized carbons (Fsp3) is 0.500. The standard InChI is InChI=1S/C24H22F3N5O2.2C2H6O/c1-22(2,3)34-21(33)32-9-8-16-17(10-28)20(31)23(12-29,13-30)19(18(16)11-32)14-4-6-15(7-5-14)24(25,26)27;2*1-2-3/h4-8,18-19H,9,11,31H2,1-3H3;2*3H,2H2,1H3/t18-,19+;;/m0../s1. The minimum atomic E-state index is -4.57. The predicted molar refractivity (Wildman–Crippen MR) is 140 cm³/mol. The number of halogens is 3. The molecule has 2 aliphatic rings. The van der Waals surface area contributed by atoms with Gasteiger partial charge in [-0.1, -0.05) is 18.2 Å². The lowest BCUT2D eigenvalue weighted by atomic mass is 9.58. The van der Waals surface area contributed by atoms with Crippen LogP contribution in [0.15, 0.2) is 47.2 Å². The van der Waals surface area contributed by atoms with E-state index in [4.69, 9.17) is 20.7 Å². The molecule has 1 aliphatic heterocycles. The minimum Gasteiger partial charge on any atom is -0.444 e. The molecule has 4 N–H and O–H groups in total. The van der Waals surface area contributed by atoms with Gasteiger partial charge in [0.2, 0.25) is 0 Å². The highest BCUT2D eigenvalue weighted by molar-refractivity contribution is 5.70. The predicted octanol–water partition coefficient (Wildman–Crippen LogP) is 4.36. The van der Waals surface area contributed by atoms with E-state index in [1.54, 1.807) is 40.7 Å². The van der Waals surface area contributed by atoms with Crippen molar-refractivity contribution in [1.82, 2.24) is 4.90 Å². The molecule has 216 valence electrons. The number of hydrogen-bond acceptors (Lipinski definition) is 8. The molecule has 9 nitrogen and oxygen atoms in total. The van der Waals surface area contributed by atoms with Gasteiger partial charge in [0, 0.05) is 38.1 Å². The summed E-state index contributed by atoms with van der Waals surface area (Å²) in [5, 5.41) is 45.0. The number of nitriles is 3. The summed E-state index contributed by atoms with van der Waals surface area (Å²) < 4.78 is 44.8. The average Bonchev–Trinajstić information content (AvgIpc) is 2.87. The molecule has 1 amide bonds. The topological polar surface area (TPSA) is 167 Å². The summed E-state index contributed by atoms with van der Waals surface area (Å²) in [6.45, 7) is 9.06. The number of hydrogen-bond donors (Lipinski definition) is 3. The van der Waals surface area contributed by atoms with Gasteiger partial charge in [0.05, 0.1) is 29.0 Å². The highest BCUT2D eigenvalue weighted by Gasteiger charge is 2.55. The van der Waals surface area contributed by atoms with Crippen molar-refractivity contribution in [1.29, 1.82) is 15.8 Å². The Morgan fingerprint density at radius 1 is 1.10 bits per heavy atom. The number of benzene rings is 1. The molecule has 1 aromatic carbocycles. The van der Waals surface area contributed by atoms with Gasteiger partial charge in [0.15, 0.2) is 5.41 Å². The average molecular weight is 562 g/mol. The first-order valence-corrected chi connectivity index (χ1v) is 12.4. The van der Waals surface area contributed by atoms with Gasteiger partial charge in [-0.25, -0.2) is 4.79 Å². The van der Waals surface area contributed by atoms with Gasteiger partial charge < -0.3 is 25.6 Å². The SMILES string of the molecule is CC(C)(C)OC(=O)N1CC=C2C(C#N)=C(N)C(C#N)(C#N)[C@H](c3ccc(C(F)(F)F)cc3)[C@H]2C1.CCO.CCO. The minimum absolute atomic E-state index is 0.0179. The van der Waals surface area contributed by atoms with Crippen LogP contribution in [0, 0.1) is 45.3 Å². The van der Waals surface area contributed by atoms with Gasteiger partial charge in [-0.2, -0.15) is 29.0 Å². The van der Waals surface area contributed by atoms with Crippen LogP contribution in [-0.2, 0) is 10.9 Å². The van der Waals surface area contributed by atoms with Crippen LogP contribution in [0.4, 0.5) is 18.0 Å². The van der Waals surface area contributed by atoms with Gasteiger partial charge in [-0.3, -0.25) is 0 Å². The molecule has 1 aliphatic carbocycles. The van der Waals surface area contributed by atoms with Gasteiger partial charge in [0.25, 0.3) is 0 Å². The quantitative estimate of drug-likeness (QED) is 0.454. The maximum Gasteiger partial charge on any atom is 0.416 e. The first-order valence-electron chi connectivity index (χ1n) is 12.4. The van der Waals surface area contributed by atoms with Crippen LogP contribution in [0.1, 0.15) is 51.7 Å². The molecule has 0 saturated carbocycles. The number of carbonyl (C=O) groups excluding carboxylic acids is 1. The monoisotopic (exact) mass is 561 g/mol. The molecule has 40 heavy (non-hydrogen) atoms. The Morgan fingerprint density at radius 2 is 1.60 bits per heavy atom. The van der Waals surface area contributed by atoms with Crippen LogP contribution in [0.2, 0.25) is 0 Å². The van der Waals surface area contributed by atoms with Gasteiger partial charge in [0.1, 0.15) is 11.7 Å². The molecule has 1 aromatic rings. The molecule has 0 spiro atoms. The number of fused-ring (bicyclic) bond motifs is 1. The molecule has 12 heteroatoms. The van der Waals surface area contributed by atoms with Crippen molar-refractivity contribution in [2.24, 2.45) is 17.1 Å². The van der Waals surface area contributed by atoms with Crippen molar-refractivity contribution in [3.8, 4) is 18.2 Å². The van der Waals surface area contributed by atoms with E-state index in [-0.39, 0.29) is 43.1 Å². The maximum absolute atomic E-state index is 13.1. The molecule has 0 saturated heterocycles. The number of aliphatic hydroxyl groups excluding tert-OH is 2. The normalized spacial score (nSPS) is 19.6. The lowest BCUT2D eigenvalue weighted by molar-refractivity contribution is -0.137. The second-order valence-electron chi connectivity index (χ2n) is 9.81. The highest BCUT2D eigenvalue weighted by Crippen LogP contribution is 2.54. The Labute approximate surface area is 232 Å². The number of nitrogens with two attached hydrogens (primary N) is 1. The number of ether oxygens (including phenoxy) is 1. The van der Waals surface area contributed by atoms with E-state index in [0.717, 1.165) is 12.1 Å². The van der Waals surface area contributed by atoms with Crippen LogP contribution >= 0.6 is 0 Å². The third-order valence-corrected chi connectivity index (χ3v) is 5.91. The van der Waals surface area contributed by atoms with Crippen molar-refractivity contribution in [3.63, 3.8) is 0 Å². The first-order chi connectivity index (χ1) is 18.6. The summed E-state index contributed by atoms with van der Waals surface area (Å²) in [5.41, 5.74) is 2.94. The van der Waals surface area contributed by atoms with Crippen LogP contribution in [0.5, 0.6) is 0 Å². The van der Waals surface area contributed by atoms with Crippen LogP contribution in [0.25, 0.3) is 0 Å². The Kier molecular flexibility index (Phi) is 11.8. The van der Waals surface area contributed by atoms with Gasteiger partial charge >= 0.3 is 12.3 Å². The number of aliphatic hydroxyl groups is 2. The second-order valence-corrected chi connectivity index (χ2v) is 9.81. The lowest BCUT2D eigenvalue weighted by Gasteiger charge is -2.45. The number of carbonyl (C=O) groups is 1. The van der Waals surface area contributed by atoms with Crippen LogP contribution in [0.3, 0.4) is 0 Å². The maximum atomic E-state index is 13.1. The molecule has 0 unspecified atom stereocenters. The molecular formula is C28H34F3N5O4. The molecule has 3 rings (SSSR count). The number of alkyl halides is 3. The fourth-order valence-electron chi connectivity index (χ4n) is 4.41. The van der Waals surface area contributed by atoms with Crippen LogP contribution in [-0.4, -0.2) is 53.1 Å². The third kappa shape index (κ3) is 7.53. The van der Waals surface area contributed by atoms with Crippen LogP contribution < -0.4 is 5.73 Å². The van der Waals surface area contributed by atoms with E-state index < -0.39 is 40.7 Å². The summed E-state index contributed by atoms with van der Waals surface area (Å²) in [5.74, 6) is -1.78. The Hall–Kier alpha value is -4.05. The van der Waals surface area contributed by atoms with Crippen molar-refractivity contribution in [2.45, 2.75) is 52.3 Å². The lowest BCUT2D eigenvalue weighted by Crippen LogP contribution is -2.50. The molecule has 0 bridgehead atoms. The summed E-state index contributed by atoms with van der Waals surface area (Å²) in [6, 6.07) is 9.92. The third-order valence-electron chi connectivity index (χ3n) is 5.91. The summed E-state index contributed by atoms with van der Waals surface area (Å²) in [4.78, 5) is 14.1. The van der Waals surface area contributed by atoms with E-state index >= 15 is 0 Å². The summed E-state index contributed by atoms with van der Waals surface area (Å²) in [7, 11) is 0. The van der Waals surface area contributed by atoms with Gasteiger partial charge in [-0.15, -0.1) is 0 Å². The first kappa shape index (κ1) is 34.0. The Morgan fingerprint density at radius 3 is 2.00 bits per heavy atom. The van der Waals surface area contributed by atoms with E-state index in [1.807, 2.05) is 18.2 Å². The second kappa shape index (κ2) is 13.8. The number of amides is 1. The van der Waals surface area contributed by atoms with E-state index in [9.17, 15) is 33.8 Å². The fourth-order valence-corrected chi connectivity index (χ4v) is 4.41. The van der Waals surface area contributed by atoms with Gasteiger partial charge in [-0.05, 0) is 57.9 Å². The molecule has 1 heterocycles. The highest BCUT2D eigenvalue weighted by atomic mass is 19.4. The molecule has 0 radical (unpaired) electrons. The molecule has 2 atom stereocenters. The molecular weight excluding hydrogens is 527 g/mol. The Bertz CT molecular complexity index is 1210. The van der Waals surface area contributed by atoms with Crippen molar-refractivity contribution < 1.29 is 32.9 Å². The number of rotatable bonds is 1. The zero-order valence-corrected chi connectivity index (χ0v) is 23.1. The number of allylic oxidation sites excluding steroid dienone is 2. The smallest absolute Gasteiger partial charge is 0.416 e. The molecule has 0 aromatic heterocycles. The van der Waals surface area contributed by atoms with Crippen molar-refractivity contribution in [2.75, 3.05) is 26.3 Å². The zero-order valence-electron chi connectivity index (χ0n) is 23.1. The van der Waals surface area contributed by atoms with Crippen molar-refractivity contribution >= 4 is 6.09 Å². The number of nitrogens with zero attached hydrogens (tertiary/aromatic N) is 4. The zero-order chi connectivity index (χ0) is 30.9. The summed E-state index contributed by atoms with van der Waals surface area (Å²) >= 11 is 0. The van der Waals surface area contributed by atoms with E-state index in [2.05, 4.69) is 0 Å². The molecule has 0 fully saturated rings.